The summed E-state index contributed by atoms with van der Waals surface area (Å²) in [5, 5.41) is 3.02. The van der Waals surface area contributed by atoms with E-state index < -0.39 is 5.97 Å². The van der Waals surface area contributed by atoms with E-state index in [2.05, 4.69) is 10.1 Å². The molecule has 5 nitrogen and oxygen atoms in total. The molecule has 0 aliphatic rings. The zero-order valence-electron chi connectivity index (χ0n) is 11.6. The van der Waals surface area contributed by atoms with Gasteiger partial charge in [0.25, 0.3) is 0 Å². The van der Waals surface area contributed by atoms with Gasteiger partial charge in [0.05, 0.1) is 23.4 Å². The summed E-state index contributed by atoms with van der Waals surface area (Å²) in [4.78, 5) is 23.3. The van der Waals surface area contributed by atoms with Crippen molar-refractivity contribution < 1.29 is 14.3 Å². The maximum absolute atomic E-state index is 11.8. The van der Waals surface area contributed by atoms with Gasteiger partial charge in [0.2, 0.25) is 5.91 Å². The van der Waals surface area contributed by atoms with Crippen molar-refractivity contribution in [2.75, 3.05) is 12.4 Å². The van der Waals surface area contributed by atoms with Gasteiger partial charge in [-0.2, -0.15) is 0 Å². The minimum Gasteiger partial charge on any atom is -0.465 e. The second-order valence-electron chi connectivity index (χ2n) is 4.49. The average Bonchev–Trinajstić information content (AvgIpc) is 2.40. The monoisotopic (exact) mass is 298 g/mol. The van der Waals surface area contributed by atoms with Crippen LogP contribution >= 0.6 is 11.6 Å². The highest BCUT2D eigenvalue weighted by atomic mass is 35.5. The molecule has 0 aromatic heterocycles. The van der Waals surface area contributed by atoms with Crippen LogP contribution < -0.4 is 11.1 Å². The van der Waals surface area contributed by atoms with Crippen molar-refractivity contribution in [3.8, 4) is 0 Å². The van der Waals surface area contributed by atoms with Gasteiger partial charge in [-0.1, -0.05) is 24.9 Å². The number of halogens is 1. The fraction of sp³-hybridized carbons (Fsp3) is 0.429. The predicted molar refractivity (Wildman–Crippen MR) is 78.9 cm³/mol. The molecule has 0 saturated heterocycles. The minimum absolute atomic E-state index is 0.178. The minimum atomic E-state index is -0.486. The SMILES string of the molecule is CCCC(N)CC(=O)Nc1cc(C(=O)OC)ccc1Cl. The standard InChI is InChI=1S/C14H19ClN2O3/c1-3-4-10(16)8-13(18)17-12-7-9(14(19)20-2)5-6-11(12)15/h5-7,10H,3-4,8,16H2,1-2H3,(H,17,18). The van der Waals surface area contributed by atoms with Crippen LogP contribution in [0.15, 0.2) is 18.2 Å². The van der Waals surface area contributed by atoms with Gasteiger partial charge in [-0.15, -0.1) is 0 Å². The number of methoxy groups -OCH3 is 1. The van der Waals surface area contributed by atoms with E-state index in [0.29, 0.717) is 16.3 Å². The van der Waals surface area contributed by atoms with Crippen LogP contribution in [0.25, 0.3) is 0 Å². The number of hydrogen-bond acceptors (Lipinski definition) is 4. The number of rotatable bonds is 6. The Kier molecular flexibility index (Phi) is 6.48. The molecule has 0 spiro atoms. The summed E-state index contributed by atoms with van der Waals surface area (Å²) in [6.45, 7) is 2.01. The topological polar surface area (TPSA) is 81.4 Å². The first-order valence-electron chi connectivity index (χ1n) is 6.41. The molecule has 0 aliphatic carbocycles. The summed E-state index contributed by atoms with van der Waals surface area (Å²) in [5.74, 6) is -0.713. The first-order valence-corrected chi connectivity index (χ1v) is 6.79. The number of carbonyl (C=O) groups excluding carboxylic acids is 2. The van der Waals surface area contributed by atoms with Crippen molar-refractivity contribution in [1.29, 1.82) is 0 Å². The normalized spacial score (nSPS) is 11.8. The molecular weight excluding hydrogens is 280 g/mol. The summed E-state index contributed by atoms with van der Waals surface area (Å²) in [5.41, 5.74) is 6.51. The lowest BCUT2D eigenvalue weighted by Crippen LogP contribution is -2.27. The van der Waals surface area contributed by atoms with E-state index >= 15 is 0 Å². The van der Waals surface area contributed by atoms with Crippen LogP contribution in [0, 0.1) is 0 Å². The lowest BCUT2D eigenvalue weighted by molar-refractivity contribution is -0.116. The molecule has 1 aromatic carbocycles. The van der Waals surface area contributed by atoms with Crippen molar-refractivity contribution >= 4 is 29.2 Å². The lowest BCUT2D eigenvalue weighted by Gasteiger charge is -2.12. The number of benzene rings is 1. The van der Waals surface area contributed by atoms with Gasteiger partial charge >= 0.3 is 5.97 Å². The highest BCUT2D eigenvalue weighted by molar-refractivity contribution is 6.33. The molecule has 1 atom stereocenters. The zero-order chi connectivity index (χ0) is 15.1. The van der Waals surface area contributed by atoms with Gasteiger partial charge in [0.1, 0.15) is 0 Å². The molecule has 0 heterocycles. The number of anilines is 1. The maximum Gasteiger partial charge on any atom is 0.337 e. The van der Waals surface area contributed by atoms with E-state index in [4.69, 9.17) is 17.3 Å². The molecule has 1 rings (SSSR count). The van der Waals surface area contributed by atoms with Crippen molar-refractivity contribution in [2.24, 2.45) is 5.73 Å². The van der Waals surface area contributed by atoms with Crippen LogP contribution in [0.5, 0.6) is 0 Å². The van der Waals surface area contributed by atoms with Gasteiger partial charge < -0.3 is 15.8 Å². The molecule has 110 valence electrons. The van der Waals surface area contributed by atoms with Crippen molar-refractivity contribution in [1.82, 2.24) is 0 Å². The van der Waals surface area contributed by atoms with Crippen LogP contribution in [-0.2, 0) is 9.53 Å². The molecule has 0 aliphatic heterocycles. The van der Waals surface area contributed by atoms with Crippen LogP contribution in [0.4, 0.5) is 5.69 Å². The Balaban J connectivity index is 2.76. The molecule has 1 unspecified atom stereocenters. The largest absolute Gasteiger partial charge is 0.465 e. The van der Waals surface area contributed by atoms with Crippen LogP contribution in [-0.4, -0.2) is 25.0 Å². The molecule has 6 heteroatoms. The number of carbonyl (C=O) groups is 2. The van der Waals surface area contributed by atoms with Gasteiger partial charge in [0, 0.05) is 12.5 Å². The summed E-state index contributed by atoms with van der Waals surface area (Å²) in [6, 6.07) is 4.38. The Morgan fingerprint density at radius 3 is 2.75 bits per heavy atom. The maximum atomic E-state index is 11.8. The molecule has 1 aromatic rings. The Bertz CT molecular complexity index is 491. The van der Waals surface area contributed by atoms with E-state index in [-0.39, 0.29) is 18.4 Å². The van der Waals surface area contributed by atoms with Gasteiger partial charge in [-0.25, -0.2) is 4.79 Å². The zero-order valence-corrected chi connectivity index (χ0v) is 12.4. The Hall–Kier alpha value is -1.59. The number of ether oxygens (including phenoxy) is 1. The Morgan fingerprint density at radius 2 is 2.15 bits per heavy atom. The molecule has 1 amide bonds. The molecule has 0 saturated carbocycles. The van der Waals surface area contributed by atoms with Crippen molar-refractivity contribution in [3.05, 3.63) is 28.8 Å². The Labute approximate surface area is 123 Å². The van der Waals surface area contributed by atoms with Crippen molar-refractivity contribution in [3.63, 3.8) is 0 Å². The van der Waals surface area contributed by atoms with Crippen LogP contribution in [0.3, 0.4) is 0 Å². The summed E-state index contributed by atoms with van der Waals surface area (Å²) in [7, 11) is 1.29. The third-order valence-corrected chi connectivity index (χ3v) is 3.10. The number of hydrogen-bond donors (Lipinski definition) is 2. The first kappa shape index (κ1) is 16.5. The first-order chi connectivity index (χ1) is 9.47. The molecular formula is C14H19ClN2O3. The summed E-state index contributed by atoms with van der Waals surface area (Å²) in [6.07, 6.45) is 1.92. The second-order valence-corrected chi connectivity index (χ2v) is 4.89. The summed E-state index contributed by atoms with van der Waals surface area (Å²) < 4.78 is 4.62. The van der Waals surface area contributed by atoms with Gasteiger partial charge in [-0.3, -0.25) is 4.79 Å². The Morgan fingerprint density at radius 1 is 1.45 bits per heavy atom. The van der Waals surface area contributed by atoms with E-state index in [1.807, 2.05) is 6.92 Å². The van der Waals surface area contributed by atoms with Crippen LogP contribution in [0.2, 0.25) is 5.02 Å². The number of esters is 1. The smallest absolute Gasteiger partial charge is 0.337 e. The molecule has 0 bridgehead atoms. The van der Waals surface area contributed by atoms with Gasteiger partial charge in [0.15, 0.2) is 0 Å². The average molecular weight is 299 g/mol. The van der Waals surface area contributed by atoms with Crippen LogP contribution in [0.1, 0.15) is 36.5 Å². The quantitative estimate of drug-likeness (QED) is 0.791. The fourth-order valence-corrected chi connectivity index (χ4v) is 1.94. The second kappa shape index (κ2) is 7.87. The number of nitrogens with one attached hydrogen (secondary N) is 1. The predicted octanol–water partition coefficient (Wildman–Crippen LogP) is 2.58. The third kappa shape index (κ3) is 4.83. The lowest BCUT2D eigenvalue weighted by atomic mass is 10.1. The van der Waals surface area contributed by atoms with E-state index in [9.17, 15) is 9.59 Å². The van der Waals surface area contributed by atoms with Gasteiger partial charge in [-0.05, 0) is 24.6 Å². The van der Waals surface area contributed by atoms with Crippen molar-refractivity contribution in [2.45, 2.75) is 32.2 Å². The highest BCUT2D eigenvalue weighted by Crippen LogP contribution is 2.23. The molecule has 20 heavy (non-hydrogen) atoms. The van der Waals surface area contributed by atoms with E-state index in [1.165, 1.54) is 25.3 Å². The van der Waals surface area contributed by atoms with E-state index in [0.717, 1.165) is 12.8 Å². The number of nitrogens with two attached hydrogens (primary N) is 1. The molecule has 3 N–H and O–H groups in total. The fourth-order valence-electron chi connectivity index (χ4n) is 1.78. The highest BCUT2D eigenvalue weighted by Gasteiger charge is 2.13. The third-order valence-electron chi connectivity index (χ3n) is 2.77. The molecule has 0 fully saturated rings. The number of amides is 1. The molecule has 0 radical (unpaired) electrons. The van der Waals surface area contributed by atoms with E-state index in [1.54, 1.807) is 0 Å². The summed E-state index contributed by atoms with van der Waals surface area (Å²) >= 11 is 5.99.